The second kappa shape index (κ2) is 7.58. The predicted molar refractivity (Wildman–Crippen MR) is 114 cm³/mol. The molecule has 0 atom stereocenters. The minimum absolute atomic E-state index is 0.140. The van der Waals surface area contributed by atoms with E-state index in [1.165, 1.54) is 16.9 Å². The van der Waals surface area contributed by atoms with Crippen molar-refractivity contribution in [2.24, 2.45) is 0 Å². The van der Waals surface area contributed by atoms with Crippen LogP contribution in [0.25, 0.3) is 0 Å². The van der Waals surface area contributed by atoms with Crippen LogP contribution >= 0.6 is 39.5 Å². The zero-order valence-electron chi connectivity index (χ0n) is 14.4. The first-order valence-corrected chi connectivity index (χ1v) is 10.6. The summed E-state index contributed by atoms with van der Waals surface area (Å²) in [6.07, 6.45) is 1.82. The zero-order chi connectivity index (χ0) is 19.0. The zero-order valence-corrected chi connectivity index (χ0v) is 17.6. The van der Waals surface area contributed by atoms with Gasteiger partial charge in [0, 0.05) is 23.0 Å². The van der Waals surface area contributed by atoms with E-state index in [9.17, 15) is 9.90 Å². The number of carbonyl (C=O) groups excluding carboxylic acids is 1. The van der Waals surface area contributed by atoms with E-state index in [1.54, 1.807) is 0 Å². The Hall–Kier alpha value is -1.96. The number of fused-ring (bicyclic) bond motifs is 1. The number of hydrogen-bond acceptors (Lipinski definition) is 4. The average Bonchev–Trinajstić information content (AvgIpc) is 2.96. The number of amides is 1. The van der Waals surface area contributed by atoms with Crippen LogP contribution in [0.5, 0.6) is 5.88 Å². The van der Waals surface area contributed by atoms with Gasteiger partial charge in [0.25, 0.3) is 0 Å². The maximum absolute atomic E-state index is 12.6. The molecule has 2 aromatic carbocycles. The molecule has 1 aromatic heterocycles. The number of aromatic nitrogens is 1. The molecule has 0 aliphatic carbocycles. The van der Waals surface area contributed by atoms with Crippen molar-refractivity contribution in [3.63, 3.8) is 0 Å². The van der Waals surface area contributed by atoms with Gasteiger partial charge in [-0.05, 0) is 53.5 Å². The Morgan fingerprint density at radius 1 is 1.19 bits per heavy atom. The summed E-state index contributed by atoms with van der Waals surface area (Å²) < 4.78 is 1.59. The fourth-order valence-electron chi connectivity index (χ4n) is 3.42. The van der Waals surface area contributed by atoms with Crippen LogP contribution in [-0.4, -0.2) is 16.0 Å². The van der Waals surface area contributed by atoms with Crippen molar-refractivity contribution in [2.75, 3.05) is 4.90 Å². The number of hydrogen-bond donors (Lipinski definition) is 2. The molecule has 1 amide bonds. The summed E-state index contributed by atoms with van der Waals surface area (Å²) in [5.41, 5.74) is 4.35. The van der Waals surface area contributed by atoms with Crippen LogP contribution in [0.2, 0.25) is 0 Å². The van der Waals surface area contributed by atoms with E-state index in [4.69, 9.17) is 12.2 Å². The van der Waals surface area contributed by atoms with Crippen molar-refractivity contribution in [3.05, 3.63) is 72.5 Å². The van der Waals surface area contributed by atoms with Gasteiger partial charge in [0.2, 0.25) is 11.8 Å². The van der Waals surface area contributed by atoms with Crippen LogP contribution in [0.3, 0.4) is 0 Å². The summed E-state index contributed by atoms with van der Waals surface area (Å²) in [6, 6.07) is 14.1. The van der Waals surface area contributed by atoms with Crippen molar-refractivity contribution < 1.29 is 9.90 Å². The summed E-state index contributed by atoms with van der Waals surface area (Å²) in [5.74, 6) is 0.281. The van der Waals surface area contributed by atoms with E-state index in [2.05, 4.69) is 27.0 Å². The number of thiazole rings is 1. The van der Waals surface area contributed by atoms with Crippen molar-refractivity contribution in [1.29, 1.82) is 0 Å². The Morgan fingerprint density at radius 2 is 1.96 bits per heavy atom. The molecule has 27 heavy (non-hydrogen) atoms. The lowest BCUT2D eigenvalue weighted by Crippen LogP contribution is -2.35. The molecule has 1 aliphatic heterocycles. The highest BCUT2D eigenvalue weighted by molar-refractivity contribution is 9.10. The highest BCUT2D eigenvalue weighted by atomic mass is 79.9. The fraction of sp³-hybridized carbons (Fsp3) is 0.200. The Balaban J connectivity index is 1.68. The third-order valence-corrected chi connectivity index (χ3v) is 6.49. The molecule has 0 radical (unpaired) electrons. The summed E-state index contributed by atoms with van der Waals surface area (Å²) >= 11 is 9.96. The molecule has 0 spiro atoms. The molecule has 2 N–H and O–H groups in total. The molecule has 0 unspecified atom stereocenters. The van der Waals surface area contributed by atoms with Crippen molar-refractivity contribution >= 4 is 51.1 Å². The number of aromatic hydroxyl groups is 1. The molecular formula is C20H17BrN2O2S2. The number of benzene rings is 2. The minimum Gasteiger partial charge on any atom is -0.494 e. The molecule has 0 saturated carbocycles. The molecule has 138 valence electrons. The molecule has 7 heteroatoms. The van der Waals surface area contributed by atoms with Crippen molar-refractivity contribution in [2.45, 2.75) is 25.8 Å². The molecule has 4 nitrogen and oxygen atoms in total. The topological polar surface area (TPSA) is 56.3 Å². The van der Waals surface area contributed by atoms with E-state index in [1.807, 2.05) is 41.3 Å². The molecular weight excluding hydrogens is 444 g/mol. The lowest BCUT2D eigenvalue weighted by molar-refractivity contribution is -0.119. The van der Waals surface area contributed by atoms with Gasteiger partial charge in [0.1, 0.15) is 0 Å². The van der Waals surface area contributed by atoms with Gasteiger partial charge >= 0.3 is 0 Å². The molecule has 1 aliphatic rings. The minimum atomic E-state index is 0.140. The number of carbonyl (C=O) groups is 1. The predicted octanol–water partition coefficient (Wildman–Crippen LogP) is 5.34. The highest BCUT2D eigenvalue weighted by Crippen LogP contribution is 2.34. The maximum Gasteiger partial charge on any atom is 0.227 e. The summed E-state index contributed by atoms with van der Waals surface area (Å²) in [4.78, 5) is 18.1. The van der Waals surface area contributed by atoms with Gasteiger partial charge in [-0.15, -0.1) is 11.3 Å². The number of halogens is 1. The highest BCUT2D eigenvalue weighted by Gasteiger charge is 2.26. The maximum atomic E-state index is 12.6. The van der Waals surface area contributed by atoms with Gasteiger partial charge < -0.3 is 15.0 Å². The number of rotatable bonds is 4. The Bertz CT molecular complexity index is 1060. The molecule has 4 rings (SSSR count). The van der Waals surface area contributed by atoms with Gasteiger partial charge in [-0.1, -0.05) is 40.2 Å². The molecule has 0 bridgehead atoms. The van der Waals surface area contributed by atoms with Gasteiger partial charge in [-0.2, -0.15) is 0 Å². The lowest BCUT2D eigenvalue weighted by Gasteiger charge is -2.31. The largest absolute Gasteiger partial charge is 0.494 e. The van der Waals surface area contributed by atoms with Crippen molar-refractivity contribution in [1.82, 2.24) is 4.98 Å². The lowest BCUT2D eigenvalue weighted by atomic mass is 9.93. The van der Waals surface area contributed by atoms with Gasteiger partial charge in [0.15, 0.2) is 3.95 Å². The molecule has 0 saturated heterocycles. The summed E-state index contributed by atoms with van der Waals surface area (Å²) in [7, 11) is 0. The summed E-state index contributed by atoms with van der Waals surface area (Å²) in [5, 5.41) is 10.0. The number of nitrogens with one attached hydrogen (secondary N) is 1. The van der Waals surface area contributed by atoms with Crippen LogP contribution in [0.4, 0.5) is 5.69 Å². The fourth-order valence-corrected chi connectivity index (χ4v) is 4.83. The van der Waals surface area contributed by atoms with Crippen LogP contribution in [0.1, 0.15) is 28.0 Å². The number of aromatic amines is 1. The summed E-state index contributed by atoms with van der Waals surface area (Å²) in [6.45, 7) is 0.552. The van der Waals surface area contributed by atoms with E-state index in [0.29, 0.717) is 23.3 Å². The second-order valence-corrected chi connectivity index (χ2v) is 9.17. The van der Waals surface area contributed by atoms with Gasteiger partial charge in [-0.25, -0.2) is 0 Å². The Kier molecular flexibility index (Phi) is 5.16. The monoisotopic (exact) mass is 460 g/mol. The van der Waals surface area contributed by atoms with Crippen LogP contribution in [0.15, 0.2) is 46.9 Å². The first-order valence-electron chi connectivity index (χ1n) is 8.58. The van der Waals surface area contributed by atoms with E-state index < -0.39 is 0 Å². The number of nitrogens with zero attached hydrogens (tertiary/aromatic N) is 1. The normalized spacial score (nSPS) is 13.7. The number of anilines is 1. The standard InChI is InChI=1S/C20H17BrN2O2S2/c21-14-6-4-12(5-7-14)11-23-16-3-1-2-13(15(16)8-9-18(23)24)10-17-19(25)22-20(26)27-17/h1-7,25H,8-11H2,(H,22,26). The third kappa shape index (κ3) is 3.85. The van der Waals surface area contributed by atoms with Gasteiger partial charge in [0.05, 0.1) is 11.4 Å². The second-order valence-electron chi connectivity index (χ2n) is 6.48. The first-order chi connectivity index (χ1) is 13.0. The van der Waals surface area contributed by atoms with E-state index in [-0.39, 0.29) is 11.8 Å². The Labute approximate surface area is 174 Å². The van der Waals surface area contributed by atoms with Gasteiger partial charge in [-0.3, -0.25) is 4.79 Å². The smallest absolute Gasteiger partial charge is 0.227 e. The molecule has 0 fully saturated rings. The average molecular weight is 461 g/mol. The van der Waals surface area contributed by atoms with Crippen LogP contribution in [-0.2, 0) is 24.2 Å². The SMILES string of the molecule is O=C1CCc2c(Cc3sc(=S)[nH]c3O)cccc2N1Cc1ccc(Br)cc1. The Morgan fingerprint density at radius 3 is 2.67 bits per heavy atom. The van der Waals surface area contributed by atoms with Crippen LogP contribution in [0, 0.1) is 3.95 Å². The number of H-pyrrole nitrogens is 1. The van der Waals surface area contributed by atoms with E-state index >= 15 is 0 Å². The van der Waals surface area contributed by atoms with Crippen molar-refractivity contribution in [3.8, 4) is 5.88 Å². The van der Waals surface area contributed by atoms with E-state index in [0.717, 1.165) is 32.6 Å². The third-order valence-electron chi connectivity index (χ3n) is 4.73. The molecule has 3 aromatic rings. The quantitative estimate of drug-likeness (QED) is 0.516. The first kappa shape index (κ1) is 18.4. The van der Waals surface area contributed by atoms with Crippen LogP contribution < -0.4 is 4.90 Å². The molecule has 2 heterocycles.